The van der Waals surface area contributed by atoms with Gasteiger partial charge in [0.1, 0.15) is 0 Å². The summed E-state index contributed by atoms with van der Waals surface area (Å²) in [4.78, 5) is 44.4. The van der Waals surface area contributed by atoms with Crippen molar-refractivity contribution in [1.82, 2.24) is 4.90 Å². The summed E-state index contributed by atoms with van der Waals surface area (Å²) >= 11 is 0. The third-order valence-electron chi connectivity index (χ3n) is 6.10. The van der Waals surface area contributed by atoms with Gasteiger partial charge >= 0.3 is 0 Å². The number of carbonyl (C=O) groups excluding carboxylic acids is 3. The highest BCUT2D eigenvalue weighted by Crippen LogP contribution is 2.38. The first-order valence-corrected chi connectivity index (χ1v) is 10.3. The van der Waals surface area contributed by atoms with E-state index in [-0.39, 0.29) is 17.7 Å². The SMILES string of the molecule is O=C(c1ccc(N2CCCC2)c(N2C(=O)c3ccccc3C2=O)c1)N1CCCC1. The summed E-state index contributed by atoms with van der Waals surface area (Å²) in [6.07, 6.45) is 4.19. The maximum absolute atomic E-state index is 13.1. The number of imide groups is 1. The molecule has 0 spiro atoms. The van der Waals surface area contributed by atoms with E-state index in [0.29, 0.717) is 22.4 Å². The quantitative estimate of drug-likeness (QED) is 0.756. The fourth-order valence-electron chi connectivity index (χ4n) is 4.57. The Bertz CT molecular complexity index is 969. The number of carbonyl (C=O) groups is 3. The molecule has 0 aliphatic carbocycles. The lowest BCUT2D eigenvalue weighted by Crippen LogP contribution is -2.33. The van der Waals surface area contributed by atoms with Crippen molar-refractivity contribution in [2.75, 3.05) is 36.0 Å². The molecule has 5 rings (SSSR count). The van der Waals surface area contributed by atoms with E-state index < -0.39 is 0 Å². The summed E-state index contributed by atoms with van der Waals surface area (Å²) in [5.74, 6) is -0.679. The first kappa shape index (κ1) is 17.9. The van der Waals surface area contributed by atoms with Crippen molar-refractivity contribution in [3.05, 3.63) is 59.2 Å². The number of likely N-dealkylation sites (tertiary alicyclic amines) is 1. The highest BCUT2D eigenvalue weighted by Gasteiger charge is 2.38. The molecule has 0 unspecified atom stereocenters. The number of fused-ring (bicyclic) bond motifs is 1. The van der Waals surface area contributed by atoms with Gasteiger partial charge in [-0.25, -0.2) is 4.90 Å². The summed E-state index contributed by atoms with van der Waals surface area (Å²) in [7, 11) is 0. The van der Waals surface area contributed by atoms with Gasteiger partial charge in [0.2, 0.25) is 0 Å². The highest BCUT2D eigenvalue weighted by atomic mass is 16.2. The van der Waals surface area contributed by atoms with Gasteiger partial charge in [0.05, 0.1) is 22.5 Å². The van der Waals surface area contributed by atoms with Crippen LogP contribution in [-0.2, 0) is 0 Å². The molecule has 3 amide bonds. The van der Waals surface area contributed by atoms with Crippen molar-refractivity contribution in [1.29, 1.82) is 0 Å². The lowest BCUT2D eigenvalue weighted by atomic mass is 10.1. The maximum atomic E-state index is 13.1. The Morgan fingerprint density at radius 1 is 0.724 bits per heavy atom. The summed E-state index contributed by atoms with van der Waals surface area (Å²) in [6, 6.07) is 12.4. The van der Waals surface area contributed by atoms with Crippen molar-refractivity contribution < 1.29 is 14.4 Å². The summed E-state index contributed by atoms with van der Waals surface area (Å²) < 4.78 is 0. The number of rotatable bonds is 3. The van der Waals surface area contributed by atoms with Crippen molar-refractivity contribution in [2.24, 2.45) is 0 Å². The predicted octanol–water partition coefficient (Wildman–Crippen LogP) is 3.32. The standard InChI is InChI=1S/C23H23N3O3/c27-21(25-13-5-6-14-25)16-9-10-19(24-11-3-4-12-24)20(15-16)26-22(28)17-7-1-2-8-18(17)23(26)29/h1-2,7-10,15H,3-6,11-14H2. The second-order valence-corrected chi connectivity index (χ2v) is 7.89. The van der Waals surface area contributed by atoms with Gasteiger partial charge in [-0.15, -0.1) is 0 Å². The van der Waals surface area contributed by atoms with Gasteiger partial charge < -0.3 is 9.80 Å². The van der Waals surface area contributed by atoms with Crippen molar-refractivity contribution in [3.8, 4) is 0 Å². The zero-order chi connectivity index (χ0) is 20.0. The van der Waals surface area contributed by atoms with E-state index in [9.17, 15) is 14.4 Å². The molecule has 3 heterocycles. The van der Waals surface area contributed by atoms with Crippen molar-refractivity contribution in [3.63, 3.8) is 0 Å². The Kier molecular flexibility index (Phi) is 4.34. The molecule has 148 valence electrons. The Morgan fingerprint density at radius 2 is 1.31 bits per heavy atom. The van der Waals surface area contributed by atoms with Crippen LogP contribution in [-0.4, -0.2) is 48.8 Å². The van der Waals surface area contributed by atoms with Crippen LogP contribution in [0, 0.1) is 0 Å². The monoisotopic (exact) mass is 389 g/mol. The smallest absolute Gasteiger partial charge is 0.266 e. The first-order chi connectivity index (χ1) is 14.1. The minimum absolute atomic E-state index is 0.0340. The van der Waals surface area contributed by atoms with Gasteiger partial charge in [0, 0.05) is 31.7 Å². The molecule has 0 atom stereocenters. The first-order valence-electron chi connectivity index (χ1n) is 10.3. The van der Waals surface area contributed by atoms with Crippen LogP contribution >= 0.6 is 0 Å². The molecule has 3 aliphatic heterocycles. The van der Waals surface area contributed by atoms with E-state index in [4.69, 9.17) is 0 Å². The Labute approximate surface area is 169 Å². The second kappa shape index (κ2) is 7.03. The molecule has 6 nitrogen and oxygen atoms in total. The number of nitrogens with zero attached hydrogens (tertiary/aromatic N) is 3. The van der Waals surface area contributed by atoms with Crippen LogP contribution in [0.4, 0.5) is 11.4 Å². The van der Waals surface area contributed by atoms with Crippen LogP contribution < -0.4 is 9.80 Å². The largest absolute Gasteiger partial charge is 0.370 e. The van der Waals surface area contributed by atoms with Gasteiger partial charge in [-0.2, -0.15) is 0 Å². The van der Waals surface area contributed by atoms with Gasteiger partial charge in [-0.05, 0) is 56.0 Å². The molecule has 0 N–H and O–H groups in total. The molecule has 0 bridgehead atoms. The molecular weight excluding hydrogens is 366 g/mol. The number of anilines is 2. The maximum Gasteiger partial charge on any atom is 0.266 e. The molecule has 6 heteroatoms. The zero-order valence-electron chi connectivity index (χ0n) is 16.3. The van der Waals surface area contributed by atoms with E-state index in [0.717, 1.165) is 57.5 Å². The molecule has 29 heavy (non-hydrogen) atoms. The van der Waals surface area contributed by atoms with Gasteiger partial charge in [-0.3, -0.25) is 14.4 Å². The van der Waals surface area contributed by atoms with E-state index in [2.05, 4.69) is 4.90 Å². The Hall–Kier alpha value is -3.15. The average Bonchev–Trinajstić information content (AvgIpc) is 3.50. The van der Waals surface area contributed by atoms with Crippen LogP contribution in [0.1, 0.15) is 56.8 Å². The Balaban J connectivity index is 1.59. The third kappa shape index (κ3) is 2.90. The second-order valence-electron chi connectivity index (χ2n) is 7.89. The lowest BCUT2D eigenvalue weighted by Gasteiger charge is -2.26. The van der Waals surface area contributed by atoms with Gasteiger partial charge in [0.25, 0.3) is 17.7 Å². The summed E-state index contributed by atoms with van der Waals surface area (Å²) in [5, 5.41) is 0. The van der Waals surface area contributed by atoms with Gasteiger partial charge in [-0.1, -0.05) is 12.1 Å². The minimum Gasteiger partial charge on any atom is -0.370 e. The molecular formula is C23H23N3O3. The molecule has 2 aromatic rings. The molecule has 2 aromatic carbocycles. The summed E-state index contributed by atoms with van der Waals surface area (Å²) in [5.41, 5.74) is 2.72. The van der Waals surface area contributed by atoms with E-state index in [1.165, 1.54) is 4.90 Å². The summed E-state index contributed by atoms with van der Waals surface area (Å²) in [6.45, 7) is 3.29. The van der Waals surface area contributed by atoms with E-state index >= 15 is 0 Å². The molecule has 0 radical (unpaired) electrons. The number of benzene rings is 2. The normalized spacial score (nSPS) is 18.7. The topological polar surface area (TPSA) is 60.9 Å². The Morgan fingerprint density at radius 3 is 1.93 bits per heavy atom. The fraction of sp³-hybridized carbons (Fsp3) is 0.348. The van der Waals surface area contributed by atoms with Crippen LogP contribution in [0.25, 0.3) is 0 Å². The molecule has 3 aliphatic rings. The van der Waals surface area contributed by atoms with Crippen molar-refractivity contribution >= 4 is 29.1 Å². The highest BCUT2D eigenvalue weighted by molar-refractivity contribution is 6.35. The molecule has 2 saturated heterocycles. The van der Waals surface area contributed by atoms with Crippen LogP contribution in [0.15, 0.2) is 42.5 Å². The van der Waals surface area contributed by atoms with E-state index in [1.54, 1.807) is 30.3 Å². The molecule has 0 aromatic heterocycles. The van der Waals surface area contributed by atoms with E-state index in [1.807, 2.05) is 17.0 Å². The number of hydrogen-bond acceptors (Lipinski definition) is 4. The zero-order valence-corrected chi connectivity index (χ0v) is 16.3. The minimum atomic E-state index is -0.322. The van der Waals surface area contributed by atoms with Crippen LogP contribution in [0.2, 0.25) is 0 Å². The molecule has 0 saturated carbocycles. The average molecular weight is 389 g/mol. The lowest BCUT2D eigenvalue weighted by molar-refractivity contribution is 0.0791. The predicted molar refractivity (Wildman–Crippen MR) is 111 cm³/mol. The number of hydrogen-bond donors (Lipinski definition) is 0. The third-order valence-corrected chi connectivity index (χ3v) is 6.10. The van der Waals surface area contributed by atoms with Crippen LogP contribution in [0.3, 0.4) is 0 Å². The van der Waals surface area contributed by atoms with Crippen LogP contribution in [0.5, 0.6) is 0 Å². The van der Waals surface area contributed by atoms with Crippen molar-refractivity contribution in [2.45, 2.75) is 25.7 Å². The fourth-order valence-corrected chi connectivity index (χ4v) is 4.57. The van der Waals surface area contributed by atoms with Gasteiger partial charge in [0.15, 0.2) is 0 Å². The molecule has 2 fully saturated rings. The number of amides is 3.